The lowest BCUT2D eigenvalue weighted by Crippen LogP contribution is -2.52. The molecule has 1 saturated carbocycles. The smallest absolute Gasteiger partial charge is 0.408 e. The van der Waals surface area contributed by atoms with Crippen LogP contribution in [0, 0.1) is 0 Å². The monoisotopic (exact) mass is 369 g/mol. The van der Waals surface area contributed by atoms with Crippen LogP contribution in [0.15, 0.2) is 60.7 Å². The van der Waals surface area contributed by atoms with Crippen molar-refractivity contribution >= 4 is 12.1 Å². The number of hydrogen-bond donors (Lipinski definition) is 1. The van der Waals surface area contributed by atoms with E-state index in [1.54, 1.807) is 0 Å². The lowest BCUT2D eigenvalue weighted by atomic mass is 10.1. The molecule has 0 saturated heterocycles. The van der Waals surface area contributed by atoms with E-state index in [9.17, 15) is 9.59 Å². The number of hydrogen-bond acceptors (Lipinski definition) is 5. The van der Waals surface area contributed by atoms with Crippen molar-refractivity contribution < 1.29 is 23.8 Å². The molecule has 3 rings (SSSR count). The molecule has 6 nitrogen and oxygen atoms in total. The van der Waals surface area contributed by atoms with Crippen LogP contribution in [-0.2, 0) is 32.2 Å². The molecule has 0 aliphatic heterocycles. The van der Waals surface area contributed by atoms with Gasteiger partial charge in [-0.1, -0.05) is 60.7 Å². The molecule has 0 spiro atoms. The molecule has 2 aromatic rings. The molecule has 1 aliphatic rings. The molecule has 1 amide bonds. The van der Waals surface area contributed by atoms with E-state index in [2.05, 4.69) is 5.32 Å². The highest BCUT2D eigenvalue weighted by Gasteiger charge is 2.55. The van der Waals surface area contributed by atoms with Crippen LogP contribution in [0.5, 0.6) is 0 Å². The molecular weight excluding hydrogens is 346 g/mol. The van der Waals surface area contributed by atoms with Gasteiger partial charge >= 0.3 is 12.1 Å². The lowest BCUT2D eigenvalue weighted by molar-refractivity contribution is -0.149. The number of amides is 1. The van der Waals surface area contributed by atoms with E-state index in [1.807, 2.05) is 60.7 Å². The summed E-state index contributed by atoms with van der Waals surface area (Å²) in [5.41, 5.74) is 1.11. The third-order valence-electron chi connectivity index (χ3n) is 4.55. The fourth-order valence-corrected chi connectivity index (χ4v) is 2.85. The van der Waals surface area contributed by atoms with Gasteiger partial charge in [-0.3, -0.25) is 0 Å². The molecule has 142 valence electrons. The second kappa shape index (κ2) is 8.68. The summed E-state index contributed by atoms with van der Waals surface area (Å²) in [5.74, 6) is -0.544. The molecule has 1 unspecified atom stereocenters. The van der Waals surface area contributed by atoms with E-state index in [0.717, 1.165) is 11.1 Å². The summed E-state index contributed by atoms with van der Waals surface area (Å²) in [6.45, 7) is 0.480. The summed E-state index contributed by atoms with van der Waals surface area (Å²) < 4.78 is 16.1. The van der Waals surface area contributed by atoms with Crippen LogP contribution in [0.25, 0.3) is 0 Å². The molecule has 0 heterocycles. The fourth-order valence-electron chi connectivity index (χ4n) is 2.85. The molecule has 1 N–H and O–H groups in total. The number of rotatable bonds is 8. The Morgan fingerprint density at radius 2 is 1.52 bits per heavy atom. The summed E-state index contributed by atoms with van der Waals surface area (Å²) in [5, 5.41) is 2.62. The van der Waals surface area contributed by atoms with Crippen molar-refractivity contribution in [1.29, 1.82) is 0 Å². The number of alkyl carbamates (subject to hydrolysis) is 1. The third-order valence-corrected chi connectivity index (χ3v) is 4.55. The highest BCUT2D eigenvalue weighted by Crippen LogP contribution is 2.44. The third kappa shape index (κ3) is 5.08. The Morgan fingerprint density at radius 1 is 0.963 bits per heavy atom. The van der Waals surface area contributed by atoms with Crippen molar-refractivity contribution in [3.05, 3.63) is 71.8 Å². The van der Waals surface area contributed by atoms with Crippen LogP contribution in [0.3, 0.4) is 0 Å². The number of nitrogens with one attached hydrogen (secondary N) is 1. The highest BCUT2D eigenvalue weighted by molar-refractivity contribution is 5.83. The first-order chi connectivity index (χ1) is 13.1. The van der Waals surface area contributed by atoms with Gasteiger partial charge in [0.2, 0.25) is 0 Å². The zero-order valence-electron chi connectivity index (χ0n) is 15.2. The average Bonchev–Trinajstić information content (AvgIpc) is 3.51. The van der Waals surface area contributed by atoms with Crippen molar-refractivity contribution in [2.75, 3.05) is 7.11 Å². The summed E-state index contributed by atoms with van der Waals surface area (Å²) in [4.78, 5) is 24.4. The Kier molecular flexibility index (Phi) is 6.08. The van der Waals surface area contributed by atoms with Gasteiger partial charge in [-0.2, -0.15) is 0 Å². The van der Waals surface area contributed by atoms with Gasteiger partial charge in [-0.25, -0.2) is 9.59 Å². The molecule has 1 aliphatic carbocycles. The van der Waals surface area contributed by atoms with Gasteiger partial charge in [0.15, 0.2) is 6.04 Å². The molecule has 27 heavy (non-hydrogen) atoms. The minimum Gasteiger partial charge on any atom is -0.467 e. The Balaban J connectivity index is 1.59. The maximum atomic E-state index is 12.2. The number of ether oxygens (including phenoxy) is 3. The highest BCUT2D eigenvalue weighted by atomic mass is 16.6. The minimum absolute atomic E-state index is 0.123. The van der Waals surface area contributed by atoms with Crippen molar-refractivity contribution in [1.82, 2.24) is 5.32 Å². The van der Waals surface area contributed by atoms with Crippen LogP contribution in [0.1, 0.15) is 24.0 Å². The Morgan fingerprint density at radius 3 is 2.04 bits per heavy atom. The van der Waals surface area contributed by atoms with Gasteiger partial charge in [0, 0.05) is 0 Å². The molecule has 2 aromatic carbocycles. The number of esters is 1. The SMILES string of the molecule is COC(=O)C(NC(=O)OCc1ccccc1)C1(OCc2ccccc2)CC1. The van der Waals surface area contributed by atoms with Crippen LogP contribution >= 0.6 is 0 Å². The number of benzene rings is 2. The van der Waals surface area contributed by atoms with Gasteiger partial charge in [-0.15, -0.1) is 0 Å². The first kappa shape index (κ1) is 18.9. The number of carbonyl (C=O) groups is 2. The second-order valence-corrected chi connectivity index (χ2v) is 6.50. The van der Waals surface area contributed by atoms with E-state index in [4.69, 9.17) is 14.2 Å². The summed E-state index contributed by atoms with van der Waals surface area (Å²) in [6, 6.07) is 18.1. The zero-order valence-corrected chi connectivity index (χ0v) is 15.2. The Labute approximate surface area is 158 Å². The normalized spacial score (nSPS) is 15.4. The second-order valence-electron chi connectivity index (χ2n) is 6.50. The van der Waals surface area contributed by atoms with Gasteiger partial charge in [0.05, 0.1) is 19.3 Å². The maximum absolute atomic E-state index is 12.2. The molecule has 0 aromatic heterocycles. The van der Waals surface area contributed by atoms with E-state index in [-0.39, 0.29) is 6.61 Å². The predicted molar refractivity (Wildman–Crippen MR) is 98.8 cm³/mol. The van der Waals surface area contributed by atoms with Crippen LogP contribution in [0.2, 0.25) is 0 Å². The molecular formula is C21H23NO5. The van der Waals surface area contributed by atoms with E-state index >= 15 is 0 Å². The lowest BCUT2D eigenvalue weighted by Gasteiger charge is -2.26. The Bertz CT molecular complexity index is 759. The standard InChI is InChI=1S/C21H23NO5/c1-25-19(23)18(22-20(24)26-14-16-8-4-2-5-9-16)21(12-13-21)27-15-17-10-6-3-7-11-17/h2-11,18H,12-15H2,1H3,(H,22,24). The van der Waals surface area contributed by atoms with Gasteiger partial charge in [-0.05, 0) is 24.0 Å². The quantitative estimate of drug-likeness (QED) is 0.724. The topological polar surface area (TPSA) is 73.9 Å². The largest absolute Gasteiger partial charge is 0.467 e. The molecule has 1 fully saturated rings. The molecule has 0 radical (unpaired) electrons. The van der Waals surface area contributed by atoms with Crippen LogP contribution < -0.4 is 5.32 Å². The van der Waals surface area contributed by atoms with Gasteiger partial charge in [0.25, 0.3) is 0 Å². The fraction of sp³-hybridized carbons (Fsp3) is 0.333. The molecule has 6 heteroatoms. The number of carbonyl (C=O) groups excluding carboxylic acids is 2. The Hall–Kier alpha value is -2.86. The first-order valence-corrected chi connectivity index (χ1v) is 8.86. The van der Waals surface area contributed by atoms with Gasteiger partial charge < -0.3 is 19.5 Å². The van der Waals surface area contributed by atoms with Crippen LogP contribution in [0.4, 0.5) is 4.79 Å². The van der Waals surface area contributed by atoms with Crippen molar-refractivity contribution in [3.63, 3.8) is 0 Å². The number of methoxy groups -OCH3 is 1. The predicted octanol–water partition coefficient (Wildman–Crippen LogP) is 3.20. The van der Waals surface area contributed by atoms with Gasteiger partial charge in [0.1, 0.15) is 6.61 Å². The summed E-state index contributed by atoms with van der Waals surface area (Å²) in [6.07, 6.45) is 0.653. The average molecular weight is 369 g/mol. The van der Waals surface area contributed by atoms with Crippen molar-refractivity contribution in [2.45, 2.75) is 37.7 Å². The minimum atomic E-state index is -0.908. The van der Waals surface area contributed by atoms with Crippen molar-refractivity contribution in [2.24, 2.45) is 0 Å². The zero-order chi connectivity index (χ0) is 19.1. The summed E-state index contributed by atoms with van der Waals surface area (Å²) >= 11 is 0. The van der Waals surface area contributed by atoms with Crippen molar-refractivity contribution in [3.8, 4) is 0 Å². The maximum Gasteiger partial charge on any atom is 0.408 e. The molecule has 0 bridgehead atoms. The van der Waals surface area contributed by atoms with E-state index < -0.39 is 23.7 Å². The summed E-state index contributed by atoms with van der Waals surface area (Å²) in [7, 11) is 1.29. The first-order valence-electron chi connectivity index (χ1n) is 8.86. The molecule has 1 atom stereocenters. The van der Waals surface area contributed by atoms with Crippen LogP contribution in [-0.4, -0.2) is 30.8 Å². The van der Waals surface area contributed by atoms with E-state index in [1.165, 1.54) is 7.11 Å². The van der Waals surface area contributed by atoms with E-state index in [0.29, 0.717) is 19.4 Å².